The van der Waals surface area contributed by atoms with Gasteiger partial charge < -0.3 is 15.2 Å². The van der Waals surface area contributed by atoms with Gasteiger partial charge in [-0.1, -0.05) is 17.7 Å². The van der Waals surface area contributed by atoms with E-state index in [-0.39, 0.29) is 5.75 Å². The molecule has 0 saturated carbocycles. The monoisotopic (exact) mass is 327 g/mol. The number of amides is 1. The first-order chi connectivity index (χ1) is 10.1. The second-order valence-corrected chi connectivity index (χ2v) is 7.82. The van der Waals surface area contributed by atoms with Crippen LogP contribution in [0.4, 0.5) is 4.79 Å². The van der Waals surface area contributed by atoms with E-state index in [4.69, 9.17) is 4.74 Å². The maximum atomic E-state index is 12.2. The lowest BCUT2D eigenvalue weighted by Crippen LogP contribution is -2.45. The summed E-state index contributed by atoms with van der Waals surface area (Å²) in [5, 5.41) is 12.6. The van der Waals surface area contributed by atoms with Crippen LogP contribution in [0.5, 0.6) is 0 Å². The second kappa shape index (κ2) is 7.74. The molecule has 0 heterocycles. The Morgan fingerprint density at radius 1 is 1.32 bits per heavy atom. The first-order valence-electron chi connectivity index (χ1n) is 7.21. The molecular weight excluding hydrogens is 302 g/mol. The summed E-state index contributed by atoms with van der Waals surface area (Å²) in [5.41, 5.74) is 0.487. The van der Waals surface area contributed by atoms with E-state index in [9.17, 15) is 14.1 Å². The number of rotatable bonds is 5. The highest BCUT2D eigenvalue weighted by Crippen LogP contribution is 2.11. The summed E-state index contributed by atoms with van der Waals surface area (Å²) >= 11 is 0. The van der Waals surface area contributed by atoms with Crippen LogP contribution in [0, 0.1) is 6.92 Å². The molecule has 6 heteroatoms. The molecular formula is C16H25NO4S. The van der Waals surface area contributed by atoms with Crippen LogP contribution >= 0.6 is 0 Å². The zero-order valence-electron chi connectivity index (χ0n) is 13.8. The fourth-order valence-corrected chi connectivity index (χ4v) is 2.91. The van der Waals surface area contributed by atoms with Crippen LogP contribution in [0.1, 0.15) is 33.3 Å². The summed E-state index contributed by atoms with van der Waals surface area (Å²) in [6.45, 7) is 8.90. The molecule has 1 aromatic rings. The van der Waals surface area contributed by atoms with Crippen LogP contribution in [0.3, 0.4) is 0 Å². The van der Waals surface area contributed by atoms with Crippen LogP contribution in [-0.4, -0.2) is 38.9 Å². The molecule has 0 aliphatic carbocycles. The van der Waals surface area contributed by atoms with Crippen molar-refractivity contribution >= 4 is 16.9 Å². The Kier molecular flexibility index (Phi) is 6.56. The van der Waals surface area contributed by atoms with Gasteiger partial charge in [0, 0.05) is 4.90 Å². The molecule has 0 radical (unpaired) electrons. The normalized spacial score (nSPS) is 15.7. The van der Waals surface area contributed by atoms with Crippen molar-refractivity contribution in [1.29, 1.82) is 0 Å². The van der Waals surface area contributed by atoms with Gasteiger partial charge in [-0.2, -0.15) is 0 Å². The van der Waals surface area contributed by atoms with Crippen LogP contribution in [0.2, 0.25) is 0 Å². The zero-order chi connectivity index (χ0) is 16.9. The molecule has 0 unspecified atom stereocenters. The third-order valence-electron chi connectivity index (χ3n) is 2.93. The quantitative estimate of drug-likeness (QED) is 0.870. The van der Waals surface area contributed by atoms with Crippen molar-refractivity contribution in [3.8, 4) is 0 Å². The number of hydrogen-bond donors (Lipinski definition) is 2. The molecule has 1 aromatic carbocycles. The van der Waals surface area contributed by atoms with Crippen molar-refractivity contribution in [2.45, 2.75) is 57.3 Å². The van der Waals surface area contributed by atoms with E-state index < -0.39 is 34.6 Å². The van der Waals surface area contributed by atoms with Crippen molar-refractivity contribution in [3.05, 3.63) is 29.8 Å². The molecule has 0 saturated heterocycles. The van der Waals surface area contributed by atoms with E-state index in [1.807, 2.05) is 19.1 Å². The number of carbonyl (C=O) groups is 1. The number of aliphatic hydroxyl groups is 1. The SMILES string of the molecule is Cc1ccc([S@](=O)C[C@H](O)[C@H](C)NC(=O)OC(C)(C)C)cc1. The average molecular weight is 327 g/mol. The van der Waals surface area contributed by atoms with Gasteiger partial charge in [-0.3, -0.25) is 4.21 Å². The molecule has 0 aliphatic heterocycles. The van der Waals surface area contributed by atoms with Crippen molar-refractivity contribution in [2.24, 2.45) is 0 Å². The minimum Gasteiger partial charge on any atom is -0.444 e. The average Bonchev–Trinajstić information content (AvgIpc) is 2.36. The van der Waals surface area contributed by atoms with E-state index in [0.717, 1.165) is 5.56 Å². The highest BCUT2D eigenvalue weighted by molar-refractivity contribution is 7.85. The number of aryl methyl sites for hydroxylation is 1. The minimum absolute atomic E-state index is 0.0556. The maximum absolute atomic E-state index is 12.2. The minimum atomic E-state index is -1.32. The number of ether oxygens (including phenoxy) is 1. The number of hydrogen-bond acceptors (Lipinski definition) is 4. The van der Waals surface area contributed by atoms with Crippen LogP contribution < -0.4 is 5.32 Å². The van der Waals surface area contributed by atoms with Crippen LogP contribution in [0.15, 0.2) is 29.2 Å². The maximum Gasteiger partial charge on any atom is 0.407 e. The summed E-state index contributed by atoms with van der Waals surface area (Å²) in [6.07, 6.45) is -1.52. The largest absolute Gasteiger partial charge is 0.444 e. The van der Waals surface area contributed by atoms with Gasteiger partial charge in [0.1, 0.15) is 5.60 Å². The topological polar surface area (TPSA) is 75.6 Å². The van der Waals surface area contributed by atoms with Gasteiger partial charge in [0.05, 0.1) is 28.7 Å². The molecule has 1 amide bonds. The first kappa shape index (κ1) is 18.6. The van der Waals surface area contributed by atoms with Gasteiger partial charge in [0.25, 0.3) is 0 Å². The van der Waals surface area contributed by atoms with Gasteiger partial charge in [-0.05, 0) is 46.8 Å². The van der Waals surface area contributed by atoms with E-state index in [1.54, 1.807) is 39.8 Å². The number of aliphatic hydroxyl groups excluding tert-OH is 1. The zero-order valence-corrected chi connectivity index (χ0v) is 14.6. The van der Waals surface area contributed by atoms with Gasteiger partial charge in [0.15, 0.2) is 0 Å². The third-order valence-corrected chi connectivity index (χ3v) is 4.37. The van der Waals surface area contributed by atoms with E-state index in [2.05, 4.69) is 5.32 Å². The molecule has 3 atom stereocenters. The lowest BCUT2D eigenvalue weighted by Gasteiger charge is -2.24. The summed E-state index contributed by atoms with van der Waals surface area (Å²) in [4.78, 5) is 12.3. The Morgan fingerprint density at radius 2 is 1.86 bits per heavy atom. The smallest absolute Gasteiger partial charge is 0.407 e. The molecule has 0 aliphatic rings. The predicted molar refractivity (Wildman–Crippen MR) is 87.3 cm³/mol. The number of benzene rings is 1. The fraction of sp³-hybridized carbons (Fsp3) is 0.562. The molecule has 0 fully saturated rings. The van der Waals surface area contributed by atoms with Crippen molar-refractivity contribution in [1.82, 2.24) is 5.32 Å². The number of nitrogens with one attached hydrogen (secondary N) is 1. The lowest BCUT2D eigenvalue weighted by atomic mass is 10.2. The Bertz CT molecular complexity index is 522. The molecule has 2 N–H and O–H groups in total. The van der Waals surface area contributed by atoms with Crippen molar-refractivity contribution in [2.75, 3.05) is 5.75 Å². The standard InChI is InChI=1S/C16H25NO4S/c1-11-6-8-13(9-7-11)22(20)10-14(18)12(2)17-15(19)21-16(3,4)5/h6-9,12,14,18H,10H2,1-5H3,(H,17,19)/t12-,14-,22+/m0/s1. The van der Waals surface area contributed by atoms with Crippen molar-refractivity contribution in [3.63, 3.8) is 0 Å². The second-order valence-electron chi connectivity index (χ2n) is 6.33. The number of alkyl carbamates (subject to hydrolysis) is 1. The Morgan fingerprint density at radius 3 is 2.36 bits per heavy atom. The van der Waals surface area contributed by atoms with Crippen LogP contribution in [0.25, 0.3) is 0 Å². The van der Waals surface area contributed by atoms with Gasteiger partial charge in [-0.25, -0.2) is 4.79 Å². The summed E-state index contributed by atoms with van der Waals surface area (Å²) in [5.74, 6) is 0.0556. The van der Waals surface area contributed by atoms with E-state index >= 15 is 0 Å². The Balaban J connectivity index is 2.53. The summed E-state index contributed by atoms with van der Waals surface area (Å²) in [7, 11) is -1.32. The van der Waals surface area contributed by atoms with Crippen molar-refractivity contribution < 1.29 is 18.8 Å². The van der Waals surface area contributed by atoms with Gasteiger partial charge in [-0.15, -0.1) is 0 Å². The fourth-order valence-electron chi connectivity index (χ4n) is 1.68. The molecule has 124 valence electrons. The molecule has 0 aromatic heterocycles. The molecule has 22 heavy (non-hydrogen) atoms. The Hall–Kier alpha value is -1.40. The van der Waals surface area contributed by atoms with Gasteiger partial charge in [0.2, 0.25) is 0 Å². The van der Waals surface area contributed by atoms with E-state index in [1.165, 1.54) is 0 Å². The van der Waals surface area contributed by atoms with E-state index in [0.29, 0.717) is 4.90 Å². The molecule has 0 spiro atoms. The highest BCUT2D eigenvalue weighted by Gasteiger charge is 2.23. The summed E-state index contributed by atoms with van der Waals surface area (Å²) in [6, 6.07) is 6.77. The first-order valence-corrected chi connectivity index (χ1v) is 8.53. The lowest BCUT2D eigenvalue weighted by molar-refractivity contribution is 0.0452. The molecule has 1 rings (SSSR count). The predicted octanol–water partition coefficient (Wildman–Crippen LogP) is 2.38. The third kappa shape index (κ3) is 6.58. The van der Waals surface area contributed by atoms with Crippen LogP contribution in [-0.2, 0) is 15.5 Å². The Labute approximate surface area is 134 Å². The van der Waals surface area contributed by atoms with Gasteiger partial charge >= 0.3 is 6.09 Å². The number of carbonyl (C=O) groups excluding carboxylic acids is 1. The summed E-state index contributed by atoms with van der Waals surface area (Å²) < 4.78 is 17.3. The molecule has 5 nitrogen and oxygen atoms in total. The highest BCUT2D eigenvalue weighted by atomic mass is 32.2. The molecule has 0 bridgehead atoms.